The Bertz CT molecular complexity index is 1830. The summed E-state index contributed by atoms with van der Waals surface area (Å²) in [5.41, 5.74) is 3.22. The van der Waals surface area contributed by atoms with E-state index in [0.717, 1.165) is 22.3 Å². The van der Waals surface area contributed by atoms with Crippen LogP contribution in [0.5, 0.6) is 0 Å². The van der Waals surface area contributed by atoms with Crippen molar-refractivity contribution < 1.29 is 47.8 Å². The Morgan fingerprint density at radius 2 is 1.03 bits per heavy atom. The maximum absolute atomic E-state index is 12.1. The molecule has 2 heterocycles. The lowest BCUT2D eigenvalue weighted by Crippen LogP contribution is -2.65. The molecule has 4 aromatic rings. The number of thioether (sulfide) groups is 1. The number of aliphatic hydroxyl groups excluding tert-OH is 2. The van der Waals surface area contributed by atoms with Gasteiger partial charge in [-0.3, -0.25) is 0 Å². The van der Waals surface area contributed by atoms with Gasteiger partial charge in [0.05, 0.1) is 39.6 Å². The fraction of sp³-hybridized carbons (Fsp3) is 0.510. The van der Waals surface area contributed by atoms with Crippen LogP contribution in [-0.2, 0) is 64.0 Å². The minimum Gasteiger partial charge on any atom is -0.414 e. The van der Waals surface area contributed by atoms with E-state index in [1.54, 1.807) is 0 Å². The molecule has 1 unspecified atom stereocenters. The van der Waals surface area contributed by atoms with E-state index in [-0.39, 0.29) is 43.3 Å². The number of hydrogen-bond acceptors (Lipinski definition) is 11. The summed E-state index contributed by atoms with van der Waals surface area (Å²) >= 11 is 1.48. The zero-order valence-electron chi connectivity index (χ0n) is 36.7. The van der Waals surface area contributed by atoms with Crippen LogP contribution in [-0.4, -0.2) is 97.6 Å². The number of aliphatic hydroxyl groups is 2. The molecule has 10 nitrogen and oxygen atoms in total. The van der Waals surface area contributed by atoms with E-state index in [1.807, 2.05) is 135 Å². The van der Waals surface area contributed by atoms with Crippen LogP contribution >= 0.6 is 11.8 Å². The second-order valence-corrected chi connectivity index (χ2v) is 24.2. The van der Waals surface area contributed by atoms with Gasteiger partial charge in [-0.15, -0.1) is 11.8 Å². The number of hydrogen-bond donors (Lipinski definition) is 2. The molecule has 61 heavy (non-hydrogen) atoms. The van der Waals surface area contributed by atoms with Crippen LogP contribution < -0.4 is 0 Å². The summed E-state index contributed by atoms with van der Waals surface area (Å²) < 4.78 is 53.8. The summed E-state index contributed by atoms with van der Waals surface area (Å²) in [4.78, 5) is 0. The SMILES string of the molecule is CC(C)S[C@@H]1O[C@H](CO[Si](C)(C)C(C)(C)C)[C@H](O)[C@H](OC2O[C@H](COCc3ccccc3)[C@@H](OCc3ccccc3)[C@H](OCc3ccccc3)[C@H]2OCc2ccccc2)[C@H]1O. The van der Waals surface area contributed by atoms with Gasteiger partial charge in [-0.05, 0) is 40.4 Å². The molecule has 0 spiro atoms. The fourth-order valence-electron chi connectivity index (χ4n) is 7.10. The largest absolute Gasteiger partial charge is 0.414 e. The van der Waals surface area contributed by atoms with Crippen LogP contribution in [0.15, 0.2) is 121 Å². The summed E-state index contributed by atoms with van der Waals surface area (Å²) in [5.74, 6) is 0. The molecule has 0 aliphatic carbocycles. The standard InChI is InChI=1S/C49H66O10SSi/c1-34(2)60-48-42(51)44(41(50)39(58-48)33-56-61(6,7)49(3,4)5)59-47-46(55-31-38-26-18-11-19-27-38)45(54-30-37-24-16-10-17-25-37)43(53-29-36-22-14-9-15-23-36)40(57-47)32-52-28-35-20-12-8-13-21-35/h8-27,34,39-48,50-51H,28-33H2,1-7H3/t39-,40-,41+,42-,43-,44+,45+,46-,47?,48+/m1/s1. The molecule has 0 aromatic heterocycles. The van der Waals surface area contributed by atoms with Gasteiger partial charge < -0.3 is 47.8 Å². The quantitative estimate of drug-likeness (QED) is 0.0832. The molecular weight excluding hydrogens is 809 g/mol. The van der Waals surface area contributed by atoms with Crippen LogP contribution in [0.1, 0.15) is 56.9 Å². The van der Waals surface area contributed by atoms with E-state index in [1.165, 1.54) is 11.8 Å². The molecule has 12 heteroatoms. The topological polar surface area (TPSA) is 114 Å². The smallest absolute Gasteiger partial charge is 0.192 e. The van der Waals surface area contributed by atoms with Gasteiger partial charge in [0.2, 0.25) is 0 Å². The molecule has 2 aliphatic rings. The summed E-state index contributed by atoms with van der Waals surface area (Å²) in [6, 6.07) is 39.8. The summed E-state index contributed by atoms with van der Waals surface area (Å²) in [5, 5.41) is 24.2. The average molecular weight is 875 g/mol. The molecule has 0 radical (unpaired) electrons. The van der Waals surface area contributed by atoms with Crippen LogP contribution in [0.25, 0.3) is 0 Å². The Kier molecular flexibility index (Phi) is 17.6. The van der Waals surface area contributed by atoms with Gasteiger partial charge >= 0.3 is 0 Å². The molecule has 0 amide bonds. The molecule has 6 rings (SSSR count). The number of benzene rings is 4. The lowest BCUT2D eigenvalue weighted by Gasteiger charge is -2.49. The van der Waals surface area contributed by atoms with Crippen LogP contribution in [0.3, 0.4) is 0 Å². The molecule has 2 aliphatic heterocycles. The van der Waals surface area contributed by atoms with Gasteiger partial charge in [0.15, 0.2) is 14.6 Å². The lowest BCUT2D eigenvalue weighted by molar-refractivity contribution is -0.355. The average Bonchev–Trinajstić information content (AvgIpc) is 3.25. The molecule has 2 saturated heterocycles. The highest BCUT2D eigenvalue weighted by atomic mass is 32.2. The molecular formula is C49H66O10SSi. The first-order chi connectivity index (χ1) is 29.3. The normalized spacial score (nSPS) is 27.3. The van der Waals surface area contributed by atoms with Crippen LogP contribution in [0.4, 0.5) is 0 Å². The lowest BCUT2D eigenvalue weighted by atomic mass is 9.96. The van der Waals surface area contributed by atoms with E-state index >= 15 is 0 Å². The van der Waals surface area contributed by atoms with E-state index in [2.05, 4.69) is 33.9 Å². The predicted molar refractivity (Wildman–Crippen MR) is 241 cm³/mol. The first kappa shape index (κ1) is 47.5. The maximum Gasteiger partial charge on any atom is 0.192 e. The Balaban J connectivity index is 1.36. The van der Waals surface area contributed by atoms with Crippen molar-refractivity contribution >= 4 is 20.1 Å². The second kappa shape index (κ2) is 22.6. The number of rotatable bonds is 20. The Morgan fingerprint density at radius 1 is 0.574 bits per heavy atom. The molecule has 2 N–H and O–H groups in total. The third-order valence-corrected chi connectivity index (χ3v) is 17.3. The molecule has 4 aromatic carbocycles. The summed E-state index contributed by atoms with van der Waals surface area (Å²) in [6.07, 6.45) is -8.52. The number of ether oxygens (including phenoxy) is 7. The van der Waals surface area contributed by atoms with E-state index < -0.39 is 68.9 Å². The van der Waals surface area contributed by atoms with E-state index in [4.69, 9.17) is 37.6 Å². The Morgan fingerprint density at radius 3 is 1.51 bits per heavy atom. The Labute approximate surface area is 368 Å². The molecule has 0 bridgehead atoms. The molecule has 0 saturated carbocycles. The van der Waals surface area contributed by atoms with Crippen LogP contribution in [0.2, 0.25) is 18.1 Å². The Hall–Kier alpha value is -2.95. The third-order valence-electron chi connectivity index (χ3n) is 11.6. The highest BCUT2D eigenvalue weighted by Crippen LogP contribution is 2.40. The van der Waals surface area contributed by atoms with Crippen molar-refractivity contribution in [1.82, 2.24) is 0 Å². The minimum absolute atomic E-state index is 0.0567. The first-order valence-corrected chi connectivity index (χ1v) is 25.3. The van der Waals surface area contributed by atoms with Crippen molar-refractivity contribution in [3.63, 3.8) is 0 Å². The second-order valence-electron chi connectivity index (χ2n) is 17.7. The van der Waals surface area contributed by atoms with E-state index in [9.17, 15) is 10.2 Å². The zero-order valence-corrected chi connectivity index (χ0v) is 38.5. The highest BCUT2D eigenvalue weighted by Gasteiger charge is 2.54. The van der Waals surface area contributed by atoms with Gasteiger partial charge in [0.1, 0.15) is 54.3 Å². The summed E-state index contributed by atoms with van der Waals surface area (Å²) in [6.45, 7) is 16.3. The van der Waals surface area contributed by atoms with Crippen LogP contribution in [0, 0.1) is 0 Å². The third kappa shape index (κ3) is 13.5. The molecule has 2 fully saturated rings. The van der Waals surface area contributed by atoms with Crippen molar-refractivity contribution in [2.24, 2.45) is 0 Å². The zero-order chi connectivity index (χ0) is 43.4. The molecule has 332 valence electrons. The monoisotopic (exact) mass is 874 g/mol. The first-order valence-electron chi connectivity index (χ1n) is 21.5. The van der Waals surface area contributed by atoms with Crippen molar-refractivity contribution in [2.45, 2.75) is 145 Å². The maximum atomic E-state index is 12.1. The van der Waals surface area contributed by atoms with Crippen molar-refractivity contribution in [1.29, 1.82) is 0 Å². The minimum atomic E-state index is -2.23. The van der Waals surface area contributed by atoms with Gasteiger partial charge in [-0.1, -0.05) is 156 Å². The van der Waals surface area contributed by atoms with Crippen molar-refractivity contribution in [3.05, 3.63) is 144 Å². The fourth-order valence-corrected chi connectivity index (χ4v) is 9.17. The predicted octanol–water partition coefficient (Wildman–Crippen LogP) is 8.68. The van der Waals surface area contributed by atoms with Gasteiger partial charge in [-0.25, -0.2) is 0 Å². The highest BCUT2D eigenvalue weighted by molar-refractivity contribution is 8.00. The van der Waals surface area contributed by atoms with E-state index in [0.29, 0.717) is 6.61 Å². The van der Waals surface area contributed by atoms with Crippen molar-refractivity contribution in [3.8, 4) is 0 Å². The summed E-state index contributed by atoms with van der Waals surface area (Å²) in [7, 11) is -2.23. The van der Waals surface area contributed by atoms with Gasteiger partial charge in [-0.2, -0.15) is 0 Å². The van der Waals surface area contributed by atoms with Crippen molar-refractivity contribution in [2.75, 3.05) is 13.2 Å². The molecule has 10 atom stereocenters. The van der Waals surface area contributed by atoms with Gasteiger partial charge in [0, 0.05) is 5.25 Å². The van der Waals surface area contributed by atoms with Gasteiger partial charge in [0.25, 0.3) is 0 Å².